The first-order chi connectivity index (χ1) is 12.5. The molecule has 0 aliphatic rings. The van der Waals surface area contributed by atoms with Gasteiger partial charge in [-0.2, -0.15) is 0 Å². The molecule has 132 valence electrons. The van der Waals surface area contributed by atoms with Crippen LogP contribution < -0.4 is 10.6 Å². The van der Waals surface area contributed by atoms with Crippen molar-refractivity contribution < 1.29 is 4.79 Å². The van der Waals surface area contributed by atoms with E-state index in [-0.39, 0.29) is 5.91 Å². The normalized spacial score (nSPS) is 10.4. The Hall–Kier alpha value is -3.28. The number of anilines is 2. The average Bonchev–Trinajstić information content (AvgIpc) is 2.63. The van der Waals surface area contributed by atoms with Crippen LogP contribution in [0.15, 0.2) is 48.8 Å². The van der Waals surface area contributed by atoms with Crippen molar-refractivity contribution in [2.75, 3.05) is 5.32 Å². The fraction of sp³-hybridized carbons (Fsp3) is 0.200. The Morgan fingerprint density at radius 3 is 2.62 bits per heavy atom. The second kappa shape index (κ2) is 7.74. The Morgan fingerprint density at radius 1 is 1.04 bits per heavy atom. The second-order valence-electron chi connectivity index (χ2n) is 6.15. The number of nitrogens with one attached hydrogen (secondary N) is 2. The number of amides is 1. The molecule has 0 aliphatic heterocycles. The first kappa shape index (κ1) is 17.5. The Balaban J connectivity index is 1.74. The van der Waals surface area contributed by atoms with Crippen LogP contribution in [-0.2, 0) is 6.54 Å². The fourth-order valence-electron chi connectivity index (χ4n) is 2.49. The topological polar surface area (TPSA) is 79.8 Å². The van der Waals surface area contributed by atoms with Gasteiger partial charge in [0.05, 0.1) is 0 Å². The van der Waals surface area contributed by atoms with Crippen LogP contribution in [-0.4, -0.2) is 20.9 Å². The van der Waals surface area contributed by atoms with Crippen molar-refractivity contribution in [3.63, 3.8) is 0 Å². The van der Waals surface area contributed by atoms with Gasteiger partial charge in [-0.15, -0.1) is 0 Å². The lowest BCUT2D eigenvalue weighted by Gasteiger charge is -2.10. The zero-order valence-electron chi connectivity index (χ0n) is 15.1. The highest BCUT2D eigenvalue weighted by Crippen LogP contribution is 2.19. The first-order valence-electron chi connectivity index (χ1n) is 8.38. The first-order valence-corrected chi connectivity index (χ1v) is 8.38. The van der Waals surface area contributed by atoms with Crippen LogP contribution in [0.25, 0.3) is 0 Å². The van der Waals surface area contributed by atoms with E-state index in [1.807, 2.05) is 24.3 Å². The van der Waals surface area contributed by atoms with E-state index in [4.69, 9.17) is 0 Å². The van der Waals surface area contributed by atoms with E-state index < -0.39 is 0 Å². The number of hydrogen-bond donors (Lipinski definition) is 2. The van der Waals surface area contributed by atoms with Gasteiger partial charge in [-0.05, 0) is 55.7 Å². The van der Waals surface area contributed by atoms with Crippen molar-refractivity contribution in [2.24, 2.45) is 0 Å². The van der Waals surface area contributed by atoms with Gasteiger partial charge >= 0.3 is 0 Å². The number of rotatable bonds is 5. The summed E-state index contributed by atoms with van der Waals surface area (Å²) in [6.07, 6.45) is 3.42. The summed E-state index contributed by atoms with van der Waals surface area (Å²) in [5.41, 5.74) is 4.60. The van der Waals surface area contributed by atoms with Crippen LogP contribution in [0.3, 0.4) is 0 Å². The van der Waals surface area contributed by atoms with E-state index >= 15 is 0 Å². The fourth-order valence-corrected chi connectivity index (χ4v) is 2.49. The van der Waals surface area contributed by atoms with E-state index in [1.54, 1.807) is 25.4 Å². The molecular weight excluding hydrogens is 326 g/mol. The van der Waals surface area contributed by atoms with E-state index in [1.165, 1.54) is 11.1 Å². The monoisotopic (exact) mass is 347 g/mol. The number of carbonyl (C=O) groups excluding carboxylic acids is 1. The minimum absolute atomic E-state index is 0.248. The highest BCUT2D eigenvalue weighted by molar-refractivity contribution is 5.93. The van der Waals surface area contributed by atoms with Gasteiger partial charge in [-0.1, -0.05) is 12.1 Å². The summed E-state index contributed by atoms with van der Waals surface area (Å²) >= 11 is 0. The van der Waals surface area contributed by atoms with E-state index in [0.29, 0.717) is 23.9 Å². The van der Waals surface area contributed by atoms with Gasteiger partial charge in [0.15, 0.2) is 0 Å². The maximum atomic E-state index is 12.4. The molecule has 0 unspecified atom stereocenters. The smallest absolute Gasteiger partial charge is 0.270 e. The largest absolute Gasteiger partial charge is 0.347 e. The molecule has 0 fully saturated rings. The van der Waals surface area contributed by atoms with Crippen molar-refractivity contribution >= 4 is 17.4 Å². The van der Waals surface area contributed by atoms with Crippen molar-refractivity contribution in [3.8, 4) is 0 Å². The van der Waals surface area contributed by atoms with Crippen LogP contribution in [0.2, 0.25) is 0 Å². The van der Waals surface area contributed by atoms with Crippen molar-refractivity contribution in [3.05, 3.63) is 77.0 Å². The van der Waals surface area contributed by atoms with Gasteiger partial charge in [0.2, 0.25) is 0 Å². The minimum atomic E-state index is -0.248. The summed E-state index contributed by atoms with van der Waals surface area (Å²) in [5.74, 6) is 0.875. The molecule has 2 N–H and O–H groups in total. The lowest BCUT2D eigenvalue weighted by Crippen LogP contribution is -2.24. The minimum Gasteiger partial charge on any atom is -0.347 e. The molecule has 2 heterocycles. The number of benzene rings is 1. The number of hydrogen-bond acceptors (Lipinski definition) is 5. The molecular formula is C20H21N5O. The number of carbonyl (C=O) groups is 1. The molecule has 1 amide bonds. The summed E-state index contributed by atoms with van der Waals surface area (Å²) in [6.45, 7) is 6.29. The zero-order valence-corrected chi connectivity index (χ0v) is 15.1. The quantitative estimate of drug-likeness (QED) is 0.739. The Bertz CT molecular complexity index is 925. The summed E-state index contributed by atoms with van der Waals surface area (Å²) in [6, 6.07) is 11.5. The summed E-state index contributed by atoms with van der Waals surface area (Å²) in [4.78, 5) is 25.1. The van der Waals surface area contributed by atoms with E-state index in [9.17, 15) is 4.79 Å². The molecule has 6 nitrogen and oxygen atoms in total. The summed E-state index contributed by atoms with van der Waals surface area (Å²) in [7, 11) is 0. The molecule has 3 rings (SSSR count). The third-order valence-electron chi connectivity index (χ3n) is 4.03. The number of aryl methyl sites for hydroxylation is 3. The maximum Gasteiger partial charge on any atom is 0.270 e. The third kappa shape index (κ3) is 4.42. The molecule has 0 bridgehead atoms. The summed E-state index contributed by atoms with van der Waals surface area (Å²) in [5, 5.41) is 6.09. The number of pyridine rings is 1. The molecule has 0 spiro atoms. The van der Waals surface area contributed by atoms with Crippen molar-refractivity contribution in [1.29, 1.82) is 0 Å². The van der Waals surface area contributed by atoms with Crippen LogP contribution in [0.4, 0.5) is 11.5 Å². The van der Waals surface area contributed by atoms with Crippen molar-refractivity contribution in [1.82, 2.24) is 20.3 Å². The zero-order chi connectivity index (χ0) is 18.5. The second-order valence-corrected chi connectivity index (χ2v) is 6.15. The third-order valence-corrected chi connectivity index (χ3v) is 4.03. The van der Waals surface area contributed by atoms with Gasteiger partial charge in [-0.3, -0.25) is 9.78 Å². The van der Waals surface area contributed by atoms with Gasteiger partial charge in [0.1, 0.15) is 17.3 Å². The van der Waals surface area contributed by atoms with Gasteiger partial charge in [-0.25, -0.2) is 9.97 Å². The van der Waals surface area contributed by atoms with E-state index in [2.05, 4.69) is 45.5 Å². The molecule has 0 saturated heterocycles. The highest BCUT2D eigenvalue weighted by Gasteiger charge is 2.11. The lowest BCUT2D eigenvalue weighted by molar-refractivity contribution is 0.0945. The SMILES string of the molecule is Cc1nc(Nc2ccc(C)c(C)c2)cc(C(=O)NCc2cccnc2)n1. The van der Waals surface area contributed by atoms with Crippen LogP contribution in [0.5, 0.6) is 0 Å². The van der Waals surface area contributed by atoms with E-state index in [0.717, 1.165) is 11.3 Å². The molecule has 0 aliphatic carbocycles. The van der Waals surface area contributed by atoms with Crippen molar-refractivity contribution in [2.45, 2.75) is 27.3 Å². The van der Waals surface area contributed by atoms with Crippen LogP contribution in [0, 0.1) is 20.8 Å². The molecule has 6 heteroatoms. The molecule has 0 saturated carbocycles. The predicted molar refractivity (Wildman–Crippen MR) is 101 cm³/mol. The molecule has 26 heavy (non-hydrogen) atoms. The summed E-state index contributed by atoms with van der Waals surface area (Å²) < 4.78 is 0. The molecule has 2 aromatic heterocycles. The Kier molecular flexibility index (Phi) is 5.22. The van der Waals surface area contributed by atoms with Crippen LogP contribution in [0.1, 0.15) is 33.0 Å². The van der Waals surface area contributed by atoms with Crippen LogP contribution >= 0.6 is 0 Å². The highest BCUT2D eigenvalue weighted by atomic mass is 16.1. The van der Waals surface area contributed by atoms with Gasteiger partial charge in [0, 0.05) is 30.7 Å². The number of aromatic nitrogens is 3. The molecule has 0 radical (unpaired) electrons. The standard InChI is InChI=1S/C20H21N5O/c1-13-6-7-17(9-14(13)2)25-19-10-18(23-15(3)24-19)20(26)22-12-16-5-4-8-21-11-16/h4-11H,12H2,1-3H3,(H,22,26)(H,23,24,25). The molecule has 3 aromatic rings. The molecule has 0 atom stereocenters. The number of nitrogens with zero attached hydrogens (tertiary/aromatic N) is 3. The van der Waals surface area contributed by atoms with Gasteiger partial charge in [0.25, 0.3) is 5.91 Å². The Labute approximate surface area is 152 Å². The lowest BCUT2D eigenvalue weighted by atomic mass is 10.1. The Morgan fingerprint density at radius 2 is 1.88 bits per heavy atom. The maximum absolute atomic E-state index is 12.4. The van der Waals surface area contributed by atoms with Gasteiger partial charge < -0.3 is 10.6 Å². The average molecular weight is 347 g/mol. The predicted octanol–water partition coefficient (Wildman–Crippen LogP) is 3.47. The molecule has 1 aromatic carbocycles.